The molecule has 1 amide bonds. The van der Waals surface area contributed by atoms with E-state index in [0.29, 0.717) is 18.5 Å². The molecule has 30 heavy (non-hydrogen) atoms. The molecule has 0 radical (unpaired) electrons. The molecule has 0 bridgehead atoms. The van der Waals surface area contributed by atoms with E-state index < -0.39 is 6.10 Å². The third kappa shape index (κ3) is 3.89. The van der Waals surface area contributed by atoms with Crippen molar-refractivity contribution < 1.29 is 9.90 Å². The summed E-state index contributed by atoms with van der Waals surface area (Å²) in [5.74, 6) is -0.0167. The number of carbonyl (C=O) groups excluding carboxylic acids is 1. The zero-order valence-corrected chi connectivity index (χ0v) is 18.4. The van der Waals surface area contributed by atoms with Crippen LogP contribution in [0.5, 0.6) is 0 Å². The second kappa shape index (κ2) is 8.66. The Kier molecular flexibility index (Phi) is 5.97. The van der Waals surface area contributed by atoms with Crippen LogP contribution in [0.4, 0.5) is 0 Å². The van der Waals surface area contributed by atoms with Crippen molar-refractivity contribution in [2.45, 2.75) is 58.7 Å². The highest BCUT2D eigenvalue weighted by Crippen LogP contribution is 2.29. The molecule has 1 aliphatic heterocycles. The summed E-state index contributed by atoms with van der Waals surface area (Å²) in [5.41, 5.74) is 8.63. The molecule has 0 saturated carbocycles. The third-order valence-electron chi connectivity index (χ3n) is 5.97. The number of aliphatic hydroxyl groups is 1. The van der Waals surface area contributed by atoms with Crippen molar-refractivity contribution in [3.05, 3.63) is 69.3 Å². The van der Waals surface area contributed by atoms with Gasteiger partial charge in [-0.25, -0.2) is 4.98 Å². The van der Waals surface area contributed by atoms with Gasteiger partial charge < -0.3 is 10.0 Å². The number of aryl methyl sites for hydroxylation is 1. The van der Waals surface area contributed by atoms with Gasteiger partial charge in [-0.1, -0.05) is 38.1 Å². The van der Waals surface area contributed by atoms with Crippen molar-refractivity contribution in [3.8, 4) is 11.3 Å². The summed E-state index contributed by atoms with van der Waals surface area (Å²) < 4.78 is 0. The largest absolute Gasteiger partial charge is 0.391 e. The number of hydrogen-bond donors (Lipinski definition) is 1. The number of carbonyl (C=O) groups is 1. The van der Waals surface area contributed by atoms with E-state index in [9.17, 15) is 9.90 Å². The number of nitrogens with zero attached hydrogens (tertiary/aromatic N) is 3. The summed E-state index contributed by atoms with van der Waals surface area (Å²) in [6.45, 7) is 6.44. The van der Waals surface area contributed by atoms with Gasteiger partial charge in [-0.15, -0.1) is 11.3 Å². The zero-order valence-electron chi connectivity index (χ0n) is 17.6. The molecule has 1 N–H and O–H groups in total. The summed E-state index contributed by atoms with van der Waals surface area (Å²) >= 11 is 1.59. The van der Waals surface area contributed by atoms with Crippen molar-refractivity contribution in [3.63, 3.8) is 0 Å². The average Bonchev–Trinajstić information content (AvgIpc) is 3.39. The Morgan fingerprint density at radius 3 is 2.60 bits per heavy atom. The van der Waals surface area contributed by atoms with Crippen molar-refractivity contribution >= 4 is 17.2 Å². The fourth-order valence-electron chi connectivity index (χ4n) is 4.18. The van der Waals surface area contributed by atoms with E-state index in [0.717, 1.165) is 41.1 Å². The summed E-state index contributed by atoms with van der Waals surface area (Å²) in [5, 5.41) is 12.4. The van der Waals surface area contributed by atoms with Crippen LogP contribution in [0.1, 0.15) is 59.6 Å². The molecule has 1 aliphatic rings. The van der Waals surface area contributed by atoms with Crippen LogP contribution in [-0.4, -0.2) is 38.0 Å². The van der Waals surface area contributed by atoms with Gasteiger partial charge in [0.15, 0.2) is 0 Å². The summed E-state index contributed by atoms with van der Waals surface area (Å²) in [4.78, 5) is 24.0. The van der Waals surface area contributed by atoms with Crippen LogP contribution in [-0.2, 0) is 13.0 Å². The fourth-order valence-corrected chi connectivity index (χ4v) is 4.74. The molecular formula is C24H27N3O2S. The van der Waals surface area contributed by atoms with Gasteiger partial charge in [0.1, 0.15) is 0 Å². The van der Waals surface area contributed by atoms with Gasteiger partial charge in [0.05, 0.1) is 41.2 Å². The quantitative estimate of drug-likeness (QED) is 0.605. The molecule has 2 atom stereocenters. The maximum Gasteiger partial charge on any atom is 0.256 e. The number of hydrogen-bond acceptors (Lipinski definition) is 5. The minimum Gasteiger partial charge on any atom is -0.391 e. The highest BCUT2D eigenvalue weighted by molar-refractivity contribution is 7.07. The van der Waals surface area contributed by atoms with E-state index in [1.165, 1.54) is 5.56 Å². The van der Waals surface area contributed by atoms with Gasteiger partial charge in [0.25, 0.3) is 5.91 Å². The van der Waals surface area contributed by atoms with E-state index in [1.54, 1.807) is 16.2 Å². The second-order valence-corrected chi connectivity index (χ2v) is 8.58. The maximum atomic E-state index is 13.1. The van der Waals surface area contributed by atoms with Crippen LogP contribution in [0, 0.1) is 6.92 Å². The Bertz CT molecular complexity index is 1030. The molecule has 0 unspecified atom stereocenters. The van der Waals surface area contributed by atoms with Gasteiger partial charge >= 0.3 is 0 Å². The summed E-state index contributed by atoms with van der Waals surface area (Å²) in [6.07, 6.45) is 1.58. The number of thiazole rings is 1. The SMILES string of the molecule is CC[C@H](O)[C@H](CC)N1Cc2nc(C)c(Cc3ccc(-c4cscn4)cc3)cc2C1=O. The first-order valence-corrected chi connectivity index (χ1v) is 11.4. The van der Waals surface area contributed by atoms with Crippen molar-refractivity contribution in [2.75, 3.05) is 0 Å². The van der Waals surface area contributed by atoms with Crippen molar-refractivity contribution in [1.82, 2.24) is 14.9 Å². The minimum atomic E-state index is -0.509. The topological polar surface area (TPSA) is 66.3 Å². The predicted molar refractivity (Wildman–Crippen MR) is 120 cm³/mol. The first-order valence-electron chi connectivity index (χ1n) is 10.5. The molecule has 4 rings (SSSR count). The molecule has 0 fully saturated rings. The van der Waals surface area contributed by atoms with Gasteiger partial charge in [0, 0.05) is 16.6 Å². The molecule has 3 heterocycles. The third-order valence-corrected chi connectivity index (χ3v) is 6.55. The number of aromatic nitrogens is 2. The van der Waals surface area contributed by atoms with Crippen LogP contribution in [0.25, 0.3) is 11.3 Å². The number of pyridine rings is 1. The lowest BCUT2D eigenvalue weighted by Crippen LogP contribution is -2.43. The number of fused-ring (bicyclic) bond motifs is 1. The lowest BCUT2D eigenvalue weighted by molar-refractivity contribution is 0.0345. The molecule has 2 aromatic heterocycles. The fraction of sp³-hybridized carbons (Fsp3) is 0.375. The van der Waals surface area contributed by atoms with Gasteiger partial charge in [-0.05, 0) is 43.4 Å². The Hall–Kier alpha value is -2.57. The highest BCUT2D eigenvalue weighted by atomic mass is 32.1. The van der Waals surface area contributed by atoms with Gasteiger partial charge in [0.2, 0.25) is 0 Å². The lowest BCUT2D eigenvalue weighted by Gasteiger charge is -2.30. The van der Waals surface area contributed by atoms with Crippen molar-refractivity contribution in [1.29, 1.82) is 0 Å². The maximum absolute atomic E-state index is 13.1. The minimum absolute atomic E-state index is 0.0167. The van der Waals surface area contributed by atoms with Crippen LogP contribution >= 0.6 is 11.3 Å². The Balaban J connectivity index is 1.56. The number of rotatable bonds is 7. The summed E-state index contributed by atoms with van der Waals surface area (Å²) in [6, 6.07) is 10.2. The standard InChI is InChI=1S/C24H27N3O2S/c1-4-22(23(28)5-2)27-12-20-19(24(27)29)11-18(15(3)26-20)10-16-6-8-17(9-7-16)21-13-30-14-25-21/h6-9,11,13-14,22-23,28H,4-5,10,12H2,1-3H3/t22-,23-/m0/s1. The normalized spacial score (nSPS) is 15.3. The second-order valence-electron chi connectivity index (χ2n) is 7.86. The predicted octanol–water partition coefficient (Wildman–Crippen LogP) is 4.61. The van der Waals surface area contributed by atoms with Gasteiger partial charge in [-0.3, -0.25) is 9.78 Å². The van der Waals surface area contributed by atoms with Crippen LogP contribution in [0.2, 0.25) is 0 Å². The van der Waals surface area contributed by atoms with E-state index >= 15 is 0 Å². The number of amides is 1. The Labute approximate surface area is 181 Å². The molecule has 156 valence electrons. The Morgan fingerprint density at radius 2 is 1.97 bits per heavy atom. The molecule has 1 aromatic carbocycles. The molecule has 0 aliphatic carbocycles. The monoisotopic (exact) mass is 421 g/mol. The molecular weight excluding hydrogens is 394 g/mol. The van der Waals surface area contributed by atoms with Gasteiger partial charge in [-0.2, -0.15) is 0 Å². The molecule has 6 heteroatoms. The van der Waals surface area contributed by atoms with Crippen LogP contribution in [0.3, 0.4) is 0 Å². The molecule has 0 spiro atoms. The number of aliphatic hydroxyl groups excluding tert-OH is 1. The summed E-state index contributed by atoms with van der Waals surface area (Å²) in [7, 11) is 0. The van der Waals surface area contributed by atoms with E-state index in [4.69, 9.17) is 4.98 Å². The van der Waals surface area contributed by atoms with Crippen LogP contribution in [0.15, 0.2) is 41.2 Å². The van der Waals surface area contributed by atoms with E-state index in [1.807, 2.05) is 37.7 Å². The average molecular weight is 422 g/mol. The highest BCUT2D eigenvalue weighted by Gasteiger charge is 2.36. The lowest BCUT2D eigenvalue weighted by atomic mass is 10.00. The van der Waals surface area contributed by atoms with Crippen molar-refractivity contribution in [2.24, 2.45) is 0 Å². The molecule has 5 nitrogen and oxygen atoms in total. The zero-order chi connectivity index (χ0) is 21.3. The van der Waals surface area contributed by atoms with E-state index in [-0.39, 0.29) is 11.9 Å². The first kappa shape index (κ1) is 20.7. The molecule has 3 aromatic rings. The number of benzene rings is 1. The van der Waals surface area contributed by atoms with Crippen LogP contribution < -0.4 is 0 Å². The first-order chi connectivity index (χ1) is 14.5. The smallest absolute Gasteiger partial charge is 0.256 e. The Morgan fingerprint density at radius 1 is 1.20 bits per heavy atom. The van der Waals surface area contributed by atoms with E-state index in [2.05, 4.69) is 29.2 Å². The molecule has 0 saturated heterocycles.